The molecule has 0 spiro atoms. The molecule has 0 aliphatic carbocycles. The average molecular weight is 416 g/mol. The Morgan fingerprint density at radius 2 is 1.96 bits per heavy atom. The molecule has 0 unspecified atom stereocenters. The lowest BCUT2D eigenvalue weighted by molar-refractivity contribution is -0.121. The molecule has 126 valence electrons. The van der Waals surface area contributed by atoms with Crippen LogP contribution >= 0.6 is 27.5 Å². The Morgan fingerprint density at radius 3 is 2.62 bits per heavy atom. The van der Waals surface area contributed by atoms with Crippen molar-refractivity contribution in [3.05, 3.63) is 62.8 Å². The lowest BCUT2D eigenvalue weighted by Gasteiger charge is -2.11. The minimum absolute atomic E-state index is 0.0170. The second-order valence-corrected chi connectivity index (χ2v) is 6.06. The molecular weight excluding hydrogens is 403 g/mol. The van der Waals surface area contributed by atoms with E-state index >= 15 is 0 Å². The van der Waals surface area contributed by atoms with Crippen molar-refractivity contribution in [1.29, 1.82) is 0 Å². The molecule has 2 aromatic rings. The minimum atomic E-state index is -0.544. The minimum Gasteiger partial charge on any atom is -0.496 e. The molecule has 0 aromatic heterocycles. The average Bonchev–Trinajstić information content (AvgIpc) is 2.56. The number of ether oxygens (including phenoxy) is 1. The maximum atomic E-state index is 13.2. The van der Waals surface area contributed by atoms with Crippen LogP contribution in [0.5, 0.6) is 5.75 Å². The molecule has 24 heavy (non-hydrogen) atoms. The van der Waals surface area contributed by atoms with Crippen molar-refractivity contribution in [3.63, 3.8) is 0 Å². The van der Waals surface area contributed by atoms with Crippen LogP contribution < -0.4 is 15.6 Å². The van der Waals surface area contributed by atoms with Gasteiger partial charge in [0, 0.05) is 5.02 Å². The molecule has 2 rings (SSSR count). The Morgan fingerprint density at radius 1 is 1.21 bits per heavy atom. The number of nitrogens with one attached hydrogen (secondary N) is 2. The van der Waals surface area contributed by atoms with Crippen LogP contribution in [0.1, 0.15) is 15.9 Å². The maximum absolute atomic E-state index is 13.2. The maximum Gasteiger partial charge on any atom is 0.273 e. The van der Waals surface area contributed by atoms with Gasteiger partial charge in [-0.2, -0.15) is 0 Å². The molecule has 0 heterocycles. The van der Waals surface area contributed by atoms with Gasteiger partial charge in [0.25, 0.3) is 5.91 Å². The number of rotatable bonds is 4. The van der Waals surface area contributed by atoms with Gasteiger partial charge < -0.3 is 4.74 Å². The normalized spacial score (nSPS) is 10.2. The molecule has 0 saturated carbocycles. The highest BCUT2D eigenvalue weighted by Crippen LogP contribution is 2.22. The number of hydrogen-bond donors (Lipinski definition) is 2. The number of hydrogen-bond acceptors (Lipinski definition) is 3. The summed E-state index contributed by atoms with van der Waals surface area (Å²) < 4.78 is 18.5. The van der Waals surface area contributed by atoms with Crippen LogP contribution in [0.4, 0.5) is 4.39 Å². The SMILES string of the molecule is COc1cc(Cl)ccc1C(=O)NNC(=O)Cc1ccc(F)c(Br)c1. The van der Waals surface area contributed by atoms with Gasteiger partial charge in [0.2, 0.25) is 5.91 Å². The number of amides is 2. The fourth-order valence-corrected chi connectivity index (χ4v) is 2.51. The molecule has 0 radical (unpaired) electrons. The standard InChI is InChI=1S/C16H13BrClFN2O3/c1-24-14-8-10(18)3-4-11(14)16(23)21-20-15(22)7-9-2-5-13(19)12(17)6-9/h2-6,8H,7H2,1H3,(H,20,22)(H,21,23). The van der Waals surface area contributed by atoms with Crippen molar-refractivity contribution in [3.8, 4) is 5.75 Å². The molecule has 0 fully saturated rings. The van der Waals surface area contributed by atoms with E-state index in [1.54, 1.807) is 0 Å². The van der Waals surface area contributed by atoms with E-state index in [9.17, 15) is 14.0 Å². The number of methoxy groups -OCH3 is 1. The zero-order chi connectivity index (χ0) is 17.7. The molecule has 2 aromatic carbocycles. The largest absolute Gasteiger partial charge is 0.496 e. The van der Waals surface area contributed by atoms with Gasteiger partial charge in [-0.05, 0) is 51.8 Å². The first-order valence-corrected chi connectivity index (χ1v) is 7.94. The predicted octanol–water partition coefficient (Wildman–Crippen LogP) is 3.25. The van der Waals surface area contributed by atoms with Gasteiger partial charge >= 0.3 is 0 Å². The molecule has 2 N–H and O–H groups in total. The van der Waals surface area contributed by atoms with Crippen molar-refractivity contribution in [2.75, 3.05) is 7.11 Å². The van der Waals surface area contributed by atoms with E-state index in [1.807, 2.05) is 0 Å². The van der Waals surface area contributed by atoms with Gasteiger partial charge in [0.05, 0.1) is 23.6 Å². The number of benzene rings is 2. The zero-order valence-electron chi connectivity index (χ0n) is 12.5. The fourth-order valence-electron chi connectivity index (χ4n) is 1.93. The number of carbonyl (C=O) groups is 2. The molecular formula is C16H13BrClFN2O3. The third-order valence-electron chi connectivity index (χ3n) is 3.07. The van der Waals surface area contributed by atoms with Gasteiger partial charge in [-0.25, -0.2) is 4.39 Å². The lowest BCUT2D eigenvalue weighted by atomic mass is 10.1. The van der Waals surface area contributed by atoms with E-state index in [1.165, 1.54) is 43.5 Å². The van der Waals surface area contributed by atoms with E-state index < -0.39 is 17.6 Å². The van der Waals surface area contributed by atoms with Crippen molar-refractivity contribution in [2.24, 2.45) is 0 Å². The van der Waals surface area contributed by atoms with E-state index in [0.29, 0.717) is 10.6 Å². The second-order valence-electron chi connectivity index (χ2n) is 4.77. The monoisotopic (exact) mass is 414 g/mol. The summed E-state index contributed by atoms with van der Waals surface area (Å²) >= 11 is 8.88. The van der Waals surface area contributed by atoms with Gasteiger partial charge in [0.15, 0.2) is 0 Å². The van der Waals surface area contributed by atoms with E-state index in [-0.39, 0.29) is 22.2 Å². The third-order valence-corrected chi connectivity index (χ3v) is 3.92. The van der Waals surface area contributed by atoms with Crippen LogP contribution in [0.15, 0.2) is 40.9 Å². The van der Waals surface area contributed by atoms with Crippen molar-refractivity contribution in [1.82, 2.24) is 10.9 Å². The lowest BCUT2D eigenvalue weighted by Crippen LogP contribution is -2.42. The summed E-state index contributed by atoms with van der Waals surface area (Å²) in [5.74, 6) is -1.12. The molecule has 0 aliphatic rings. The summed E-state index contributed by atoms with van der Waals surface area (Å²) in [6, 6.07) is 8.76. The third kappa shape index (κ3) is 4.69. The highest BCUT2D eigenvalue weighted by Gasteiger charge is 2.14. The van der Waals surface area contributed by atoms with Crippen LogP contribution in [0.2, 0.25) is 5.02 Å². The summed E-state index contributed by atoms with van der Waals surface area (Å²) in [5.41, 5.74) is 5.41. The number of hydrazine groups is 1. The molecule has 5 nitrogen and oxygen atoms in total. The van der Waals surface area contributed by atoms with Crippen LogP contribution in [-0.4, -0.2) is 18.9 Å². The molecule has 0 atom stereocenters. The zero-order valence-corrected chi connectivity index (χ0v) is 14.9. The summed E-state index contributed by atoms with van der Waals surface area (Å²) in [4.78, 5) is 24.0. The van der Waals surface area contributed by atoms with Crippen molar-refractivity contribution < 1.29 is 18.7 Å². The van der Waals surface area contributed by atoms with Crippen molar-refractivity contribution >= 4 is 39.3 Å². The summed E-state index contributed by atoms with van der Waals surface area (Å²) in [6.45, 7) is 0. The molecule has 0 aliphatic heterocycles. The quantitative estimate of drug-likeness (QED) is 0.753. The second kappa shape index (κ2) is 8.12. The summed E-state index contributed by atoms with van der Waals surface area (Å²) in [6.07, 6.45) is -0.0170. The Labute approximate surface area is 151 Å². The van der Waals surface area contributed by atoms with Crippen LogP contribution in [0, 0.1) is 5.82 Å². The van der Waals surface area contributed by atoms with Gasteiger partial charge in [-0.3, -0.25) is 20.4 Å². The fraction of sp³-hybridized carbons (Fsp3) is 0.125. The Hall–Kier alpha value is -2.12. The topological polar surface area (TPSA) is 67.4 Å². The smallest absolute Gasteiger partial charge is 0.273 e. The Bertz CT molecular complexity index is 786. The molecule has 0 bridgehead atoms. The van der Waals surface area contributed by atoms with E-state index in [4.69, 9.17) is 16.3 Å². The summed E-state index contributed by atoms with van der Waals surface area (Å²) in [7, 11) is 1.41. The van der Waals surface area contributed by atoms with E-state index in [2.05, 4.69) is 26.8 Å². The molecule has 8 heteroatoms. The Kier molecular flexibility index (Phi) is 6.16. The van der Waals surface area contributed by atoms with Crippen LogP contribution in [0.3, 0.4) is 0 Å². The van der Waals surface area contributed by atoms with Crippen molar-refractivity contribution in [2.45, 2.75) is 6.42 Å². The predicted molar refractivity (Wildman–Crippen MR) is 91.4 cm³/mol. The molecule has 0 saturated heterocycles. The Balaban J connectivity index is 1.96. The van der Waals surface area contributed by atoms with Gasteiger partial charge in [-0.1, -0.05) is 17.7 Å². The van der Waals surface area contributed by atoms with Crippen LogP contribution in [-0.2, 0) is 11.2 Å². The number of halogens is 3. The van der Waals surface area contributed by atoms with Crippen LogP contribution in [0.25, 0.3) is 0 Å². The first-order valence-electron chi connectivity index (χ1n) is 6.77. The number of carbonyl (C=O) groups excluding carboxylic acids is 2. The van der Waals surface area contributed by atoms with E-state index in [0.717, 1.165) is 0 Å². The highest BCUT2D eigenvalue weighted by atomic mass is 79.9. The first kappa shape index (κ1) is 18.2. The van der Waals surface area contributed by atoms with Gasteiger partial charge in [0.1, 0.15) is 11.6 Å². The molecule has 2 amide bonds. The highest BCUT2D eigenvalue weighted by molar-refractivity contribution is 9.10. The summed E-state index contributed by atoms with van der Waals surface area (Å²) in [5, 5.41) is 0.425. The first-order chi connectivity index (χ1) is 11.4. The van der Waals surface area contributed by atoms with Gasteiger partial charge in [-0.15, -0.1) is 0 Å².